The fourth-order valence-electron chi connectivity index (χ4n) is 2.59. The first kappa shape index (κ1) is 17.6. The third-order valence-electron chi connectivity index (χ3n) is 4.12. The average molecular weight is 311 g/mol. The van der Waals surface area contributed by atoms with Gasteiger partial charge in [-0.05, 0) is 31.9 Å². The van der Waals surface area contributed by atoms with E-state index in [1.807, 2.05) is 6.07 Å². The molecule has 2 nitrogen and oxygen atoms in total. The SMILES string of the molecule is CCCCCOc1ccccc1C(C)NCc1ccc(C)cc1. The van der Waals surface area contributed by atoms with E-state index >= 15 is 0 Å². The molecular weight excluding hydrogens is 282 g/mol. The summed E-state index contributed by atoms with van der Waals surface area (Å²) in [6, 6.07) is 17.3. The fraction of sp³-hybridized carbons (Fsp3) is 0.429. The van der Waals surface area contributed by atoms with Crippen molar-refractivity contribution in [1.82, 2.24) is 5.32 Å². The van der Waals surface area contributed by atoms with Gasteiger partial charge in [0.2, 0.25) is 0 Å². The highest BCUT2D eigenvalue weighted by atomic mass is 16.5. The topological polar surface area (TPSA) is 21.3 Å². The summed E-state index contributed by atoms with van der Waals surface area (Å²) in [6.45, 7) is 8.19. The van der Waals surface area contributed by atoms with E-state index in [4.69, 9.17) is 4.74 Å². The lowest BCUT2D eigenvalue weighted by Crippen LogP contribution is -2.19. The summed E-state index contributed by atoms with van der Waals surface area (Å²) in [4.78, 5) is 0. The summed E-state index contributed by atoms with van der Waals surface area (Å²) in [7, 11) is 0. The van der Waals surface area contributed by atoms with E-state index in [2.05, 4.69) is 68.6 Å². The van der Waals surface area contributed by atoms with Gasteiger partial charge in [0.15, 0.2) is 0 Å². The number of ether oxygens (including phenoxy) is 1. The Morgan fingerprint density at radius 2 is 1.74 bits per heavy atom. The minimum atomic E-state index is 0.263. The number of rotatable bonds is 9. The number of unbranched alkanes of at least 4 members (excludes halogenated alkanes) is 2. The zero-order valence-corrected chi connectivity index (χ0v) is 14.6. The third kappa shape index (κ3) is 5.72. The molecule has 1 N–H and O–H groups in total. The van der Waals surface area contributed by atoms with Gasteiger partial charge in [0, 0.05) is 18.2 Å². The molecule has 0 aliphatic carbocycles. The monoisotopic (exact) mass is 311 g/mol. The zero-order chi connectivity index (χ0) is 16.5. The Bertz CT molecular complexity index is 577. The van der Waals surface area contributed by atoms with Gasteiger partial charge in [-0.2, -0.15) is 0 Å². The predicted octanol–water partition coefficient (Wildman–Crippen LogP) is 5.41. The summed E-state index contributed by atoms with van der Waals surface area (Å²) in [5.74, 6) is 1.01. The van der Waals surface area contributed by atoms with Gasteiger partial charge in [0.1, 0.15) is 5.75 Å². The molecule has 2 rings (SSSR count). The molecule has 0 bridgehead atoms. The van der Waals surface area contributed by atoms with Gasteiger partial charge in [0.25, 0.3) is 0 Å². The van der Waals surface area contributed by atoms with Gasteiger partial charge in [-0.1, -0.05) is 67.8 Å². The van der Waals surface area contributed by atoms with Gasteiger partial charge in [0.05, 0.1) is 6.61 Å². The lowest BCUT2D eigenvalue weighted by atomic mass is 10.1. The lowest BCUT2D eigenvalue weighted by Gasteiger charge is -2.18. The van der Waals surface area contributed by atoms with Crippen molar-refractivity contribution in [2.24, 2.45) is 0 Å². The molecule has 0 saturated heterocycles. The Hall–Kier alpha value is -1.80. The number of hydrogen-bond donors (Lipinski definition) is 1. The van der Waals surface area contributed by atoms with E-state index < -0.39 is 0 Å². The first-order valence-corrected chi connectivity index (χ1v) is 8.71. The Morgan fingerprint density at radius 3 is 2.48 bits per heavy atom. The largest absolute Gasteiger partial charge is 0.493 e. The van der Waals surface area contributed by atoms with Crippen LogP contribution in [0.25, 0.3) is 0 Å². The van der Waals surface area contributed by atoms with Gasteiger partial charge >= 0.3 is 0 Å². The standard InChI is InChI=1S/C21H29NO/c1-4-5-8-15-23-21-10-7-6-9-20(21)18(3)22-16-19-13-11-17(2)12-14-19/h6-7,9-14,18,22H,4-5,8,15-16H2,1-3H3. The maximum absolute atomic E-state index is 5.99. The van der Waals surface area contributed by atoms with Crippen molar-refractivity contribution in [1.29, 1.82) is 0 Å². The van der Waals surface area contributed by atoms with Crippen LogP contribution >= 0.6 is 0 Å². The van der Waals surface area contributed by atoms with Crippen LogP contribution in [-0.4, -0.2) is 6.61 Å². The molecular formula is C21H29NO. The molecule has 0 radical (unpaired) electrons. The summed E-state index contributed by atoms with van der Waals surface area (Å²) in [5.41, 5.74) is 3.84. The smallest absolute Gasteiger partial charge is 0.124 e. The van der Waals surface area contributed by atoms with Crippen LogP contribution in [0.3, 0.4) is 0 Å². The highest BCUT2D eigenvalue weighted by Crippen LogP contribution is 2.25. The van der Waals surface area contributed by atoms with Gasteiger partial charge < -0.3 is 10.1 Å². The molecule has 0 aliphatic rings. The molecule has 0 spiro atoms. The van der Waals surface area contributed by atoms with Crippen LogP contribution in [0.1, 0.15) is 55.8 Å². The normalized spacial score (nSPS) is 12.1. The predicted molar refractivity (Wildman–Crippen MR) is 97.9 cm³/mol. The lowest BCUT2D eigenvalue weighted by molar-refractivity contribution is 0.300. The van der Waals surface area contributed by atoms with Crippen LogP contribution in [0.4, 0.5) is 0 Å². The third-order valence-corrected chi connectivity index (χ3v) is 4.12. The highest BCUT2D eigenvalue weighted by molar-refractivity contribution is 5.35. The second kappa shape index (κ2) is 9.36. The molecule has 124 valence electrons. The summed E-state index contributed by atoms with van der Waals surface area (Å²) >= 11 is 0. The van der Waals surface area contributed by atoms with Crippen molar-refractivity contribution in [2.75, 3.05) is 6.61 Å². The number of nitrogens with one attached hydrogen (secondary N) is 1. The maximum Gasteiger partial charge on any atom is 0.124 e. The zero-order valence-electron chi connectivity index (χ0n) is 14.6. The first-order chi connectivity index (χ1) is 11.2. The van der Waals surface area contributed by atoms with Gasteiger partial charge in [-0.15, -0.1) is 0 Å². The number of hydrogen-bond acceptors (Lipinski definition) is 2. The average Bonchev–Trinajstić information content (AvgIpc) is 2.58. The summed E-state index contributed by atoms with van der Waals surface area (Å²) in [6.07, 6.45) is 3.57. The van der Waals surface area contributed by atoms with Crippen LogP contribution in [0, 0.1) is 6.92 Å². The Balaban J connectivity index is 1.92. The Labute approximate surface area is 140 Å². The van der Waals surface area contributed by atoms with Crippen molar-refractivity contribution < 1.29 is 4.74 Å². The van der Waals surface area contributed by atoms with Crippen LogP contribution in [0.15, 0.2) is 48.5 Å². The van der Waals surface area contributed by atoms with Crippen molar-refractivity contribution in [3.8, 4) is 5.75 Å². The van der Waals surface area contributed by atoms with E-state index in [-0.39, 0.29) is 6.04 Å². The van der Waals surface area contributed by atoms with Crippen LogP contribution in [-0.2, 0) is 6.54 Å². The Kier molecular flexibility index (Phi) is 7.15. The van der Waals surface area contributed by atoms with Crippen molar-refractivity contribution >= 4 is 0 Å². The maximum atomic E-state index is 5.99. The number of benzene rings is 2. The molecule has 0 saturated carbocycles. The summed E-state index contributed by atoms with van der Waals surface area (Å²) in [5, 5.41) is 3.60. The molecule has 23 heavy (non-hydrogen) atoms. The highest BCUT2D eigenvalue weighted by Gasteiger charge is 2.10. The first-order valence-electron chi connectivity index (χ1n) is 8.71. The second-order valence-corrected chi connectivity index (χ2v) is 6.18. The minimum absolute atomic E-state index is 0.263. The van der Waals surface area contributed by atoms with E-state index in [0.717, 1.165) is 25.3 Å². The molecule has 0 aromatic heterocycles. The van der Waals surface area contributed by atoms with E-state index in [1.54, 1.807) is 0 Å². The van der Waals surface area contributed by atoms with E-state index in [0.29, 0.717) is 0 Å². The van der Waals surface area contributed by atoms with Crippen molar-refractivity contribution in [2.45, 2.75) is 52.6 Å². The van der Waals surface area contributed by atoms with Gasteiger partial charge in [-0.3, -0.25) is 0 Å². The van der Waals surface area contributed by atoms with Crippen molar-refractivity contribution in [3.63, 3.8) is 0 Å². The minimum Gasteiger partial charge on any atom is -0.493 e. The van der Waals surface area contributed by atoms with Crippen LogP contribution in [0.2, 0.25) is 0 Å². The van der Waals surface area contributed by atoms with Crippen LogP contribution in [0.5, 0.6) is 5.75 Å². The molecule has 1 unspecified atom stereocenters. The van der Waals surface area contributed by atoms with E-state index in [9.17, 15) is 0 Å². The second-order valence-electron chi connectivity index (χ2n) is 6.18. The molecule has 2 aromatic rings. The molecule has 1 atom stereocenters. The number of aryl methyl sites for hydroxylation is 1. The van der Waals surface area contributed by atoms with E-state index in [1.165, 1.54) is 29.5 Å². The summed E-state index contributed by atoms with van der Waals surface area (Å²) < 4.78 is 5.99. The molecule has 0 heterocycles. The number of para-hydroxylation sites is 1. The molecule has 0 fully saturated rings. The molecule has 0 aliphatic heterocycles. The molecule has 2 heteroatoms. The molecule has 2 aromatic carbocycles. The van der Waals surface area contributed by atoms with Crippen molar-refractivity contribution in [3.05, 3.63) is 65.2 Å². The fourth-order valence-corrected chi connectivity index (χ4v) is 2.59. The van der Waals surface area contributed by atoms with Gasteiger partial charge in [-0.25, -0.2) is 0 Å². The quantitative estimate of drug-likeness (QED) is 0.625. The Morgan fingerprint density at radius 1 is 1.00 bits per heavy atom. The van der Waals surface area contributed by atoms with Crippen LogP contribution < -0.4 is 10.1 Å². The molecule has 0 amide bonds.